The molecule has 2 aromatic heterocycles. The molecule has 0 radical (unpaired) electrons. The van der Waals surface area contributed by atoms with Crippen LogP contribution in [0.25, 0.3) is 5.65 Å². The molecule has 0 bridgehead atoms. The Morgan fingerprint density at radius 1 is 1.35 bits per heavy atom. The van der Waals surface area contributed by atoms with Gasteiger partial charge in [-0.2, -0.15) is 11.8 Å². The fourth-order valence-electron chi connectivity index (χ4n) is 2.44. The van der Waals surface area contributed by atoms with Gasteiger partial charge in [0, 0.05) is 24.4 Å². The first kappa shape index (κ1) is 11.1. The second-order valence-electron chi connectivity index (χ2n) is 4.50. The van der Waals surface area contributed by atoms with Crippen LogP contribution in [0.4, 0.5) is 0 Å². The highest BCUT2D eigenvalue weighted by Gasteiger charge is 2.18. The van der Waals surface area contributed by atoms with Gasteiger partial charge in [0.25, 0.3) is 0 Å². The van der Waals surface area contributed by atoms with Gasteiger partial charge in [0.15, 0.2) is 0 Å². The smallest absolute Gasteiger partial charge is 0.137 e. The van der Waals surface area contributed by atoms with Crippen molar-refractivity contribution in [3.63, 3.8) is 0 Å². The lowest BCUT2D eigenvalue weighted by atomic mass is 10.00. The summed E-state index contributed by atoms with van der Waals surface area (Å²) >= 11 is 2.05. The number of nitrogens with zero attached hydrogens (tertiary/aromatic N) is 2. The van der Waals surface area contributed by atoms with Crippen LogP contribution in [-0.2, 0) is 6.54 Å². The van der Waals surface area contributed by atoms with E-state index < -0.39 is 0 Å². The Bertz CT molecular complexity index is 514. The van der Waals surface area contributed by atoms with Crippen LogP contribution in [0.5, 0.6) is 0 Å². The molecule has 3 nitrogen and oxygen atoms in total. The first-order valence-corrected chi connectivity index (χ1v) is 7.28. The van der Waals surface area contributed by atoms with E-state index in [1.165, 1.54) is 30.0 Å². The lowest BCUT2D eigenvalue weighted by Gasteiger charge is -2.18. The molecular formula is C13H17N3S. The molecule has 2 N–H and O–H groups in total. The third-order valence-electron chi connectivity index (χ3n) is 3.44. The van der Waals surface area contributed by atoms with Gasteiger partial charge in [0.1, 0.15) is 5.65 Å². The number of thioether (sulfide) groups is 1. The zero-order valence-corrected chi connectivity index (χ0v) is 10.6. The van der Waals surface area contributed by atoms with Gasteiger partial charge in [-0.25, -0.2) is 4.98 Å². The van der Waals surface area contributed by atoms with E-state index in [1.807, 2.05) is 6.07 Å². The number of nitrogens with two attached hydrogens (primary N) is 1. The van der Waals surface area contributed by atoms with Crippen molar-refractivity contribution in [3.05, 3.63) is 35.8 Å². The normalized spacial score (nSPS) is 17.7. The number of pyridine rings is 1. The maximum absolute atomic E-state index is 5.75. The lowest BCUT2D eigenvalue weighted by molar-refractivity contribution is 0.623. The monoisotopic (exact) mass is 247 g/mol. The molecule has 0 saturated carbocycles. The van der Waals surface area contributed by atoms with E-state index >= 15 is 0 Å². The highest BCUT2D eigenvalue weighted by molar-refractivity contribution is 7.99. The quantitative estimate of drug-likeness (QED) is 0.886. The highest BCUT2D eigenvalue weighted by atomic mass is 32.2. The molecular weight excluding hydrogens is 230 g/mol. The van der Waals surface area contributed by atoms with Crippen molar-refractivity contribution in [1.29, 1.82) is 0 Å². The summed E-state index contributed by atoms with van der Waals surface area (Å²) in [4.78, 5) is 4.74. The van der Waals surface area contributed by atoms with Crippen molar-refractivity contribution >= 4 is 17.4 Å². The van der Waals surface area contributed by atoms with E-state index in [1.54, 1.807) is 0 Å². The summed E-state index contributed by atoms with van der Waals surface area (Å²) in [7, 11) is 0. The fraction of sp³-hybridized carbons (Fsp3) is 0.462. The summed E-state index contributed by atoms with van der Waals surface area (Å²) in [5, 5.41) is 0. The molecule has 0 unspecified atom stereocenters. The summed E-state index contributed by atoms with van der Waals surface area (Å²) in [6.07, 6.45) is 4.69. The molecule has 90 valence electrons. The average Bonchev–Trinajstić information content (AvgIpc) is 2.83. The number of imidazole rings is 1. The third-order valence-corrected chi connectivity index (χ3v) is 4.49. The molecule has 0 spiro atoms. The predicted octanol–water partition coefficient (Wildman–Crippen LogP) is 2.40. The van der Waals surface area contributed by atoms with Crippen LogP contribution in [0.2, 0.25) is 0 Å². The largest absolute Gasteiger partial charge is 0.325 e. The Kier molecular flexibility index (Phi) is 3.07. The van der Waals surface area contributed by atoms with Crippen molar-refractivity contribution in [1.82, 2.24) is 9.38 Å². The molecule has 1 saturated heterocycles. The maximum atomic E-state index is 5.75. The Morgan fingerprint density at radius 2 is 2.18 bits per heavy atom. The number of rotatable bonds is 2. The molecule has 1 aliphatic heterocycles. The standard InChI is InChI=1S/C13H17N3S/c14-8-11-2-1-3-13-15-12(9-16(11)13)10-4-6-17-7-5-10/h1-3,9-10H,4-8,14H2. The first-order chi connectivity index (χ1) is 8.38. The Balaban J connectivity index is 2.00. The molecule has 0 aliphatic carbocycles. The zero-order valence-electron chi connectivity index (χ0n) is 9.80. The second-order valence-corrected chi connectivity index (χ2v) is 5.73. The van der Waals surface area contributed by atoms with Gasteiger partial charge in [-0.1, -0.05) is 6.07 Å². The van der Waals surface area contributed by atoms with E-state index in [4.69, 9.17) is 10.7 Å². The minimum Gasteiger partial charge on any atom is -0.325 e. The number of hydrogen-bond acceptors (Lipinski definition) is 3. The van der Waals surface area contributed by atoms with Crippen LogP contribution in [0.15, 0.2) is 24.4 Å². The van der Waals surface area contributed by atoms with Crippen molar-refractivity contribution in [3.8, 4) is 0 Å². The van der Waals surface area contributed by atoms with Crippen LogP contribution in [0.1, 0.15) is 30.1 Å². The van der Waals surface area contributed by atoms with Crippen LogP contribution in [0, 0.1) is 0 Å². The van der Waals surface area contributed by atoms with E-state index in [2.05, 4.69) is 34.5 Å². The SMILES string of the molecule is NCc1cccc2nc(C3CCSCC3)cn12. The Hall–Kier alpha value is -1.00. The topological polar surface area (TPSA) is 43.3 Å². The van der Waals surface area contributed by atoms with Gasteiger partial charge >= 0.3 is 0 Å². The molecule has 3 rings (SSSR count). The Morgan fingerprint density at radius 3 is 2.94 bits per heavy atom. The molecule has 1 aliphatic rings. The molecule has 17 heavy (non-hydrogen) atoms. The predicted molar refractivity (Wildman–Crippen MR) is 72.4 cm³/mol. The van der Waals surface area contributed by atoms with Gasteiger partial charge in [0.2, 0.25) is 0 Å². The molecule has 0 aromatic carbocycles. The second kappa shape index (κ2) is 4.70. The zero-order chi connectivity index (χ0) is 11.7. The van der Waals surface area contributed by atoms with E-state index in [-0.39, 0.29) is 0 Å². The van der Waals surface area contributed by atoms with Crippen LogP contribution < -0.4 is 5.73 Å². The first-order valence-electron chi connectivity index (χ1n) is 6.13. The highest BCUT2D eigenvalue weighted by Crippen LogP contribution is 2.31. The van der Waals surface area contributed by atoms with Gasteiger partial charge in [-0.05, 0) is 36.5 Å². The fourth-order valence-corrected chi connectivity index (χ4v) is 3.55. The number of fused-ring (bicyclic) bond motifs is 1. The minimum atomic E-state index is 0.563. The summed E-state index contributed by atoms with van der Waals surface area (Å²) < 4.78 is 2.14. The van der Waals surface area contributed by atoms with Crippen LogP contribution >= 0.6 is 11.8 Å². The summed E-state index contributed by atoms with van der Waals surface area (Å²) in [5.41, 5.74) is 9.15. The van der Waals surface area contributed by atoms with Crippen molar-refractivity contribution < 1.29 is 0 Å². The van der Waals surface area contributed by atoms with Gasteiger partial charge < -0.3 is 10.1 Å². The summed E-state index contributed by atoms with van der Waals surface area (Å²) in [6, 6.07) is 6.15. The molecule has 2 aromatic rings. The minimum absolute atomic E-state index is 0.563. The van der Waals surface area contributed by atoms with Gasteiger partial charge in [0.05, 0.1) is 5.69 Å². The molecule has 0 atom stereocenters. The van der Waals surface area contributed by atoms with Gasteiger partial charge in [-0.3, -0.25) is 0 Å². The van der Waals surface area contributed by atoms with Gasteiger partial charge in [-0.15, -0.1) is 0 Å². The summed E-state index contributed by atoms with van der Waals surface area (Å²) in [6.45, 7) is 0.563. The Labute approximate surface area is 105 Å². The van der Waals surface area contributed by atoms with E-state index in [9.17, 15) is 0 Å². The van der Waals surface area contributed by atoms with Crippen molar-refractivity contribution in [2.75, 3.05) is 11.5 Å². The molecule has 4 heteroatoms. The van der Waals surface area contributed by atoms with Crippen molar-refractivity contribution in [2.24, 2.45) is 5.73 Å². The van der Waals surface area contributed by atoms with E-state index in [0.29, 0.717) is 12.5 Å². The lowest BCUT2D eigenvalue weighted by Crippen LogP contribution is -2.08. The molecule has 1 fully saturated rings. The molecule has 3 heterocycles. The maximum Gasteiger partial charge on any atom is 0.137 e. The van der Waals surface area contributed by atoms with E-state index in [0.717, 1.165) is 11.3 Å². The summed E-state index contributed by atoms with van der Waals surface area (Å²) in [5.74, 6) is 3.17. The number of hydrogen-bond donors (Lipinski definition) is 1. The van der Waals surface area contributed by atoms with Crippen LogP contribution in [-0.4, -0.2) is 20.9 Å². The van der Waals surface area contributed by atoms with Crippen molar-refractivity contribution in [2.45, 2.75) is 25.3 Å². The van der Waals surface area contributed by atoms with Crippen LogP contribution in [0.3, 0.4) is 0 Å². The average molecular weight is 247 g/mol. The molecule has 0 amide bonds. The number of aromatic nitrogens is 2. The third kappa shape index (κ3) is 2.07.